The minimum absolute atomic E-state index is 0.119. The predicted molar refractivity (Wildman–Crippen MR) is 63.6 cm³/mol. The van der Waals surface area contributed by atoms with Gasteiger partial charge in [-0.05, 0) is 17.7 Å². The topological polar surface area (TPSA) is 33.1 Å². The number of benzene rings is 1. The molecule has 0 aliphatic heterocycles. The van der Waals surface area contributed by atoms with Gasteiger partial charge < -0.3 is 5.11 Å². The number of aliphatic hydroxyl groups excluding tert-OH is 1. The highest BCUT2D eigenvalue weighted by Gasteiger charge is 2.33. The first kappa shape index (κ1) is 13.4. The molecule has 1 aromatic heterocycles. The van der Waals surface area contributed by atoms with E-state index in [1.807, 2.05) is 0 Å². The van der Waals surface area contributed by atoms with Gasteiger partial charge in [-0.25, -0.2) is 4.98 Å². The Kier molecular flexibility index (Phi) is 3.94. The van der Waals surface area contributed by atoms with Crippen LogP contribution in [0.25, 0.3) is 0 Å². The molecule has 2 nitrogen and oxygen atoms in total. The van der Waals surface area contributed by atoms with Gasteiger partial charge >= 0.3 is 6.18 Å². The third kappa shape index (κ3) is 3.04. The molecule has 1 aromatic carbocycles. The van der Waals surface area contributed by atoms with Gasteiger partial charge in [0.15, 0.2) is 4.34 Å². The average molecular weight is 291 g/mol. The summed E-state index contributed by atoms with van der Waals surface area (Å²) in [5, 5.41) is 10.7. The van der Waals surface area contributed by atoms with E-state index in [0.29, 0.717) is 9.24 Å². The highest BCUT2D eigenvalue weighted by Crippen LogP contribution is 2.37. The van der Waals surface area contributed by atoms with Crippen LogP contribution in [-0.4, -0.2) is 10.1 Å². The van der Waals surface area contributed by atoms with Gasteiger partial charge in [0.25, 0.3) is 0 Å². The lowest BCUT2D eigenvalue weighted by Gasteiger charge is -2.12. The lowest BCUT2D eigenvalue weighted by atomic mass is 10.1. The summed E-state index contributed by atoms with van der Waals surface area (Å²) in [6, 6.07) is 3.88. The molecule has 18 heavy (non-hydrogen) atoms. The van der Waals surface area contributed by atoms with Crippen molar-refractivity contribution in [1.82, 2.24) is 4.98 Å². The summed E-state index contributed by atoms with van der Waals surface area (Å²) >= 11 is 2.53. The van der Waals surface area contributed by atoms with E-state index in [4.69, 9.17) is 5.11 Å². The Hall–Kier alpha value is -1.05. The van der Waals surface area contributed by atoms with Crippen LogP contribution in [0.5, 0.6) is 0 Å². The zero-order valence-electron chi connectivity index (χ0n) is 8.94. The quantitative estimate of drug-likeness (QED) is 0.933. The van der Waals surface area contributed by atoms with Gasteiger partial charge in [-0.3, -0.25) is 0 Å². The summed E-state index contributed by atoms with van der Waals surface area (Å²) in [6.45, 7) is -0.628. The van der Waals surface area contributed by atoms with E-state index in [1.165, 1.54) is 29.2 Å². The smallest absolute Gasteiger partial charge is 0.392 e. The Bertz CT molecular complexity index is 526. The van der Waals surface area contributed by atoms with Crippen molar-refractivity contribution in [3.8, 4) is 0 Å². The molecule has 0 spiro atoms. The molecule has 0 radical (unpaired) electrons. The van der Waals surface area contributed by atoms with E-state index in [1.54, 1.807) is 17.6 Å². The van der Waals surface area contributed by atoms with Gasteiger partial charge in [-0.2, -0.15) is 13.2 Å². The highest BCUT2D eigenvalue weighted by molar-refractivity contribution is 8.01. The summed E-state index contributed by atoms with van der Waals surface area (Å²) in [5.41, 5.74) is -0.919. The molecule has 0 bridgehead atoms. The largest absolute Gasteiger partial charge is 0.416 e. The Morgan fingerprint density at radius 1 is 1.33 bits per heavy atom. The van der Waals surface area contributed by atoms with E-state index in [0.717, 1.165) is 6.07 Å². The van der Waals surface area contributed by atoms with E-state index in [2.05, 4.69) is 4.98 Å². The van der Waals surface area contributed by atoms with E-state index < -0.39 is 18.3 Å². The Balaban J connectivity index is 2.34. The van der Waals surface area contributed by atoms with Gasteiger partial charge in [-0.1, -0.05) is 17.8 Å². The van der Waals surface area contributed by atoms with Crippen molar-refractivity contribution in [2.75, 3.05) is 0 Å². The van der Waals surface area contributed by atoms with Crippen molar-refractivity contribution in [1.29, 1.82) is 0 Å². The molecule has 0 aliphatic rings. The highest BCUT2D eigenvalue weighted by atomic mass is 32.2. The van der Waals surface area contributed by atoms with Crippen LogP contribution in [0.1, 0.15) is 11.1 Å². The maximum atomic E-state index is 12.8. The van der Waals surface area contributed by atoms with Gasteiger partial charge in [0, 0.05) is 16.5 Å². The summed E-state index contributed by atoms with van der Waals surface area (Å²) in [5.74, 6) is 0. The molecule has 2 rings (SSSR count). The molecule has 7 heteroatoms. The second-order valence-corrected chi connectivity index (χ2v) is 5.59. The van der Waals surface area contributed by atoms with Crippen LogP contribution in [0, 0.1) is 0 Å². The zero-order valence-corrected chi connectivity index (χ0v) is 10.6. The van der Waals surface area contributed by atoms with Crippen molar-refractivity contribution in [3.63, 3.8) is 0 Å². The summed E-state index contributed by atoms with van der Waals surface area (Å²) in [4.78, 5) is 4.45. The van der Waals surface area contributed by atoms with Gasteiger partial charge in [0.2, 0.25) is 0 Å². The molecular weight excluding hydrogens is 283 g/mol. The molecular formula is C11H8F3NOS2. The lowest BCUT2D eigenvalue weighted by molar-refractivity contribution is -0.138. The zero-order chi connectivity index (χ0) is 13.2. The molecule has 1 heterocycles. The third-order valence-electron chi connectivity index (χ3n) is 2.17. The molecule has 0 atom stereocenters. The standard InChI is InChI=1S/C11H8F3NOS2/c12-11(13,14)9-5-8(2-1-7(9)6-16)18-10-15-3-4-17-10/h1-5,16H,6H2. The monoisotopic (exact) mass is 291 g/mol. The summed E-state index contributed by atoms with van der Waals surface area (Å²) in [6.07, 6.45) is -2.86. The van der Waals surface area contributed by atoms with Crippen LogP contribution in [0.4, 0.5) is 13.2 Å². The maximum Gasteiger partial charge on any atom is 0.416 e. The van der Waals surface area contributed by atoms with Crippen LogP contribution in [-0.2, 0) is 12.8 Å². The number of alkyl halides is 3. The number of nitrogens with zero attached hydrogens (tertiary/aromatic N) is 1. The van der Waals surface area contributed by atoms with Crippen LogP contribution < -0.4 is 0 Å². The van der Waals surface area contributed by atoms with Crippen molar-refractivity contribution in [2.45, 2.75) is 22.0 Å². The lowest BCUT2D eigenvalue weighted by Crippen LogP contribution is -2.09. The first-order valence-electron chi connectivity index (χ1n) is 4.89. The fourth-order valence-electron chi connectivity index (χ4n) is 1.38. The van der Waals surface area contributed by atoms with Crippen LogP contribution >= 0.6 is 23.1 Å². The SMILES string of the molecule is OCc1ccc(Sc2nccs2)cc1C(F)(F)F. The van der Waals surface area contributed by atoms with Crippen molar-refractivity contribution >= 4 is 23.1 Å². The van der Waals surface area contributed by atoms with Gasteiger partial charge in [0.05, 0.1) is 12.2 Å². The summed E-state index contributed by atoms with van der Waals surface area (Å²) in [7, 11) is 0. The molecule has 0 aliphatic carbocycles. The molecule has 96 valence electrons. The number of hydrogen-bond acceptors (Lipinski definition) is 4. The number of aromatic nitrogens is 1. The minimum Gasteiger partial charge on any atom is -0.392 e. The van der Waals surface area contributed by atoms with Crippen LogP contribution in [0.3, 0.4) is 0 Å². The Labute approximate surface area is 109 Å². The molecule has 0 unspecified atom stereocenters. The van der Waals surface area contributed by atoms with Gasteiger partial charge in [-0.15, -0.1) is 11.3 Å². The maximum absolute atomic E-state index is 12.8. The summed E-state index contributed by atoms with van der Waals surface area (Å²) < 4.78 is 39.0. The normalized spacial score (nSPS) is 11.8. The van der Waals surface area contributed by atoms with Crippen LogP contribution in [0.15, 0.2) is 39.0 Å². The fraction of sp³-hybridized carbons (Fsp3) is 0.182. The molecule has 0 fully saturated rings. The predicted octanol–water partition coefficient (Wildman–Crippen LogP) is 3.81. The number of thiazole rings is 1. The first-order chi connectivity index (χ1) is 8.50. The molecule has 0 amide bonds. The molecule has 2 aromatic rings. The Morgan fingerprint density at radius 2 is 2.11 bits per heavy atom. The number of aliphatic hydroxyl groups is 1. The second-order valence-electron chi connectivity index (χ2n) is 3.37. The molecule has 0 saturated heterocycles. The molecule has 0 saturated carbocycles. The minimum atomic E-state index is -4.46. The van der Waals surface area contributed by atoms with Crippen LogP contribution in [0.2, 0.25) is 0 Å². The van der Waals surface area contributed by atoms with E-state index in [-0.39, 0.29) is 5.56 Å². The third-order valence-corrected chi connectivity index (χ3v) is 4.05. The molecule has 1 N–H and O–H groups in total. The Morgan fingerprint density at radius 3 is 2.67 bits per heavy atom. The first-order valence-corrected chi connectivity index (χ1v) is 6.58. The van der Waals surface area contributed by atoms with Crippen molar-refractivity contribution < 1.29 is 18.3 Å². The van der Waals surface area contributed by atoms with E-state index >= 15 is 0 Å². The number of rotatable bonds is 3. The van der Waals surface area contributed by atoms with Crippen molar-refractivity contribution in [3.05, 3.63) is 40.9 Å². The number of hydrogen-bond donors (Lipinski definition) is 1. The second kappa shape index (κ2) is 5.29. The van der Waals surface area contributed by atoms with Gasteiger partial charge in [0.1, 0.15) is 0 Å². The van der Waals surface area contributed by atoms with Crippen molar-refractivity contribution in [2.24, 2.45) is 0 Å². The van der Waals surface area contributed by atoms with E-state index in [9.17, 15) is 13.2 Å². The fourth-order valence-corrected chi connectivity index (χ4v) is 3.02. The average Bonchev–Trinajstić information content (AvgIpc) is 2.80. The number of halogens is 3.